The van der Waals surface area contributed by atoms with E-state index in [4.69, 9.17) is 9.31 Å². The SMILES string of the molecule is CCCCCCCCC1(CCCCCCCC)c2cc(B(O)OC(C)(C)C(C)(C)O)ccc2-c2ccc(B(O)OC(C)(C)C(C)(C)O)cc21. The Bertz CT molecular complexity index is 1220. The smallest absolute Gasteiger partial charge is 0.423 e. The van der Waals surface area contributed by atoms with E-state index in [1.807, 2.05) is 12.1 Å². The van der Waals surface area contributed by atoms with Gasteiger partial charge < -0.3 is 29.6 Å². The average molecular weight is 679 g/mol. The van der Waals surface area contributed by atoms with Crippen molar-refractivity contribution in [3.8, 4) is 11.1 Å². The van der Waals surface area contributed by atoms with Crippen LogP contribution in [0.2, 0.25) is 0 Å². The number of rotatable bonds is 22. The van der Waals surface area contributed by atoms with Crippen molar-refractivity contribution < 1.29 is 29.6 Å². The molecule has 0 aliphatic heterocycles. The van der Waals surface area contributed by atoms with Crippen molar-refractivity contribution in [2.24, 2.45) is 0 Å². The third-order valence-corrected chi connectivity index (χ3v) is 11.7. The van der Waals surface area contributed by atoms with Crippen LogP contribution in [0.25, 0.3) is 11.1 Å². The molecule has 8 heteroatoms. The van der Waals surface area contributed by atoms with Gasteiger partial charge >= 0.3 is 14.2 Å². The lowest BCUT2D eigenvalue weighted by molar-refractivity contribution is -0.0982. The summed E-state index contributed by atoms with van der Waals surface area (Å²) in [5.41, 5.74) is 1.50. The maximum atomic E-state index is 11.4. The molecule has 4 N–H and O–H groups in total. The van der Waals surface area contributed by atoms with Gasteiger partial charge in [0.05, 0.1) is 22.4 Å². The van der Waals surface area contributed by atoms with Gasteiger partial charge in [0.2, 0.25) is 0 Å². The molecule has 0 saturated carbocycles. The molecule has 0 atom stereocenters. The standard InChI is InChI=1S/C41H68B2O6/c1-11-13-15-17-19-21-27-41(28-22-20-18-16-14-12-2)35-29-31(42(46)48-39(7,8)37(3,4)44)23-25-33(35)34-26-24-32(30-36(34)41)43(47)49-40(9,10)38(5,6)45/h23-26,29-30,44-47H,11-22,27-28H2,1-10H3. The summed E-state index contributed by atoms with van der Waals surface area (Å²) in [5, 5.41) is 44.3. The van der Waals surface area contributed by atoms with Gasteiger partial charge in [0.15, 0.2) is 0 Å². The number of hydrogen-bond donors (Lipinski definition) is 4. The predicted molar refractivity (Wildman–Crippen MR) is 207 cm³/mol. The van der Waals surface area contributed by atoms with E-state index in [9.17, 15) is 20.3 Å². The summed E-state index contributed by atoms with van der Waals surface area (Å²) in [6.07, 6.45) is 16.4. The molecule has 0 amide bonds. The van der Waals surface area contributed by atoms with Crippen molar-refractivity contribution in [1.29, 1.82) is 0 Å². The van der Waals surface area contributed by atoms with E-state index in [0.717, 1.165) is 36.8 Å². The fourth-order valence-electron chi connectivity index (χ4n) is 6.90. The molecule has 1 aliphatic carbocycles. The molecular weight excluding hydrogens is 610 g/mol. The largest absolute Gasteiger partial charge is 0.491 e. The van der Waals surface area contributed by atoms with E-state index >= 15 is 0 Å². The third kappa shape index (κ3) is 10.2. The van der Waals surface area contributed by atoms with E-state index in [-0.39, 0.29) is 5.41 Å². The molecule has 274 valence electrons. The Hall–Kier alpha value is -1.67. The van der Waals surface area contributed by atoms with Crippen molar-refractivity contribution in [2.45, 2.75) is 187 Å². The van der Waals surface area contributed by atoms with Gasteiger partial charge in [0.25, 0.3) is 0 Å². The normalized spacial score (nSPS) is 14.6. The molecule has 0 fully saturated rings. The van der Waals surface area contributed by atoms with Gasteiger partial charge in [0.1, 0.15) is 0 Å². The van der Waals surface area contributed by atoms with E-state index in [1.54, 1.807) is 55.4 Å². The van der Waals surface area contributed by atoms with Gasteiger partial charge in [0, 0.05) is 5.41 Å². The summed E-state index contributed by atoms with van der Waals surface area (Å²) < 4.78 is 12.3. The molecule has 1 aliphatic rings. The van der Waals surface area contributed by atoms with Crippen molar-refractivity contribution >= 4 is 25.2 Å². The zero-order valence-electron chi connectivity index (χ0n) is 32.6. The predicted octanol–water partition coefficient (Wildman–Crippen LogP) is 7.96. The van der Waals surface area contributed by atoms with Crippen LogP contribution in [0.5, 0.6) is 0 Å². The van der Waals surface area contributed by atoms with Gasteiger partial charge in [-0.1, -0.05) is 127 Å². The van der Waals surface area contributed by atoms with Crippen LogP contribution in [0.15, 0.2) is 36.4 Å². The third-order valence-electron chi connectivity index (χ3n) is 11.7. The minimum Gasteiger partial charge on any atom is -0.423 e. The van der Waals surface area contributed by atoms with Crippen LogP contribution in [0.3, 0.4) is 0 Å². The first-order valence-corrected chi connectivity index (χ1v) is 19.3. The van der Waals surface area contributed by atoms with Gasteiger partial charge in [-0.15, -0.1) is 0 Å². The first-order chi connectivity index (χ1) is 22.8. The zero-order valence-corrected chi connectivity index (χ0v) is 32.6. The highest BCUT2D eigenvalue weighted by Crippen LogP contribution is 2.54. The zero-order chi connectivity index (χ0) is 36.7. The summed E-state index contributed by atoms with van der Waals surface area (Å²) in [5.74, 6) is 0. The molecule has 49 heavy (non-hydrogen) atoms. The van der Waals surface area contributed by atoms with Crippen LogP contribution in [-0.4, -0.2) is 56.9 Å². The van der Waals surface area contributed by atoms with Crippen molar-refractivity contribution in [3.63, 3.8) is 0 Å². The van der Waals surface area contributed by atoms with E-state index < -0.39 is 36.6 Å². The summed E-state index contributed by atoms with van der Waals surface area (Å²) >= 11 is 0. The topological polar surface area (TPSA) is 99.4 Å². The molecule has 0 aromatic heterocycles. The van der Waals surface area contributed by atoms with Crippen LogP contribution in [0, 0.1) is 0 Å². The second-order valence-corrected chi connectivity index (χ2v) is 16.8. The Morgan fingerprint density at radius 2 is 0.857 bits per heavy atom. The first kappa shape index (κ1) is 41.7. The van der Waals surface area contributed by atoms with Gasteiger partial charge in [-0.25, -0.2) is 0 Å². The van der Waals surface area contributed by atoms with Crippen molar-refractivity contribution in [2.75, 3.05) is 0 Å². The number of hydrogen-bond acceptors (Lipinski definition) is 6. The van der Waals surface area contributed by atoms with Crippen LogP contribution in [0.1, 0.15) is 170 Å². The molecule has 0 heterocycles. The molecule has 2 aromatic rings. The lowest BCUT2D eigenvalue weighted by Crippen LogP contribution is -2.53. The van der Waals surface area contributed by atoms with E-state index in [2.05, 4.69) is 38.1 Å². The molecule has 0 spiro atoms. The molecule has 0 bridgehead atoms. The fraction of sp³-hybridized carbons (Fsp3) is 0.707. The fourth-order valence-corrected chi connectivity index (χ4v) is 6.90. The number of unbranched alkanes of at least 4 members (excludes halogenated alkanes) is 10. The average Bonchev–Trinajstić information content (AvgIpc) is 3.27. The summed E-state index contributed by atoms with van der Waals surface area (Å²) in [4.78, 5) is 0. The molecule has 6 nitrogen and oxygen atoms in total. The van der Waals surface area contributed by atoms with Crippen LogP contribution in [0.4, 0.5) is 0 Å². The minimum absolute atomic E-state index is 0.302. The minimum atomic E-state index is -1.20. The van der Waals surface area contributed by atoms with Crippen molar-refractivity contribution in [1.82, 2.24) is 0 Å². The summed E-state index contributed by atoms with van der Waals surface area (Å²) in [6.45, 7) is 18.5. The lowest BCUT2D eigenvalue weighted by Gasteiger charge is -2.39. The van der Waals surface area contributed by atoms with E-state index in [1.165, 1.54) is 75.3 Å². The molecular formula is C41H68B2O6. The summed E-state index contributed by atoms with van der Waals surface area (Å²) in [6, 6.07) is 12.4. The Balaban J connectivity index is 2.12. The maximum absolute atomic E-state index is 11.4. The Morgan fingerprint density at radius 3 is 1.18 bits per heavy atom. The quantitative estimate of drug-likeness (QED) is 0.0746. The monoisotopic (exact) mass is 679 g/mol. The molecule has 0 radical (unpaired) electrons. The van der Waals surface area contributed by atoms with Crippen molar-refractivity contribution in [3.05, 3.63) is 47.5 Å². The first-order valence-electron chi connectivity index (χ1n) is 19.3. The van der Waals surface area contributed by atoms with Crippen LogP contribution < -0.4 is 10.9 Å². The molecule has 2 aromatic carbocycles. The Kier molecular flexibility index (Phi) is 14.7. The molecule has 3 rings (SSSR count). The highest BCUT2D eigenvalue weighted by Gasteiger charge is 2.46. The highest BCUT2D eigenvalue weighted by molar-refractivity contribution is 6.60. The number of benzene rings is 2. The molecule has 0 unspecified atom stereocenters. The Labute approximate surface area is 299 Å². The van der Waals surface area contributed by atoms with Crippen LogP contribution >= 0.6 is 0 Å². The second-order valence-electron chi connectivity index (χ2n) is 16.8. The highest BCUT2D eigenvalue weighted by atomic mass is 16.6. The molecule has 0 saturated heterocycles. The number of fused-ring (bicyclic) bond motifs is 3. The maximum Gasteiger partial charge on any atom is 0.491 e. The van der Waals surface area contributed by atoms with Gasteiger partial charge in [-0.2, -0.15) is 0 Å². The van der Waals surface area contributed by atoms with E-state index in [0.29, 0.717) is 10.9 Å². The van der Waals surface area contributed by atoms with Crippen LogP contribution in [-0.2, 0) is 14.7 Å². The Morgan fingerprint density at radius 1 is 0.531 bits per heavy atom. The van der Waals surface area contributed by atoms with Gasteiger partial charge in [-0.3, -0.25) is 0 Å². The van der Waals surface area contributed by atoms with Gasteiger partial charge in [-0.05, 0) is 101 Å². The summed E-state index contributed by atoms with van der Waals surface area (Å²) in [7, 11) is -2.41. The lowest BCUT2D eigenvalue weighted by atomic mass is 9.67. The number of aliphatic hydroxyl groups is 2. The second kappa shape index (κ2) is 17.2.